The minimum Gasteiger partial charge on any atom is -0.456 e. The molecular formula is C54H32O2. The molecule has 0 bridgehead atoms. The fourth-order valence-corrected chi connectivity index (χ4v) is 9.36. The van der Waals surface area contributed by atoms with Crippen LogP contribution >= 0.6 is 0 Å². The SMILES string of the molecule is c1ccc(-c2c3ccccc3c(-c3cccc4c(-c5c(-c6cccc7c6oc6ccccc67)ccc6oc7ccccc7c56)cccc34)c3ccccc23)cc1. The molecule has 0 aliphatic rings. The van der Waals surface area contributed by atoms with E-state index in [0.717, 1.165) is 66.1 Å². The van der Waals surface area contributed by atoms with Gasteiger partial charge in [0.2, 0.25) is 0 Å². The maximum atomic E-state index is 6.67. The summed E-state index contributed by atoms with van der Waals surface area (Å²) in [5.41, 5.74) is 12.9. The third-order valence-corrected chi connectivity index (χ3v) is 11.7. The van der Waals surface area contributed by atoms with Crippen LogP contribution in [-0.4, -0.2) is 0 Å². The minimum atomic E-state index is 0.864. The van der Waals surface area contributed by atoms with Crippen LogP contribution in [0.4, 0.5) is 0 Å². The van der Waals surface area contributed by atoms with Crippen LogP contribution in [0.2, 0.25) is 0 Å². The van der Waals surface area contributed by atoms with Crippen molar-refractivity contribution in [3.63, 3.8) is 0 Å². The van der Waals surface area contributed by atoms with E-state index in [0.29, 0.717) is 0 Å². The molecule has 56 heavy (non-hydrogen) atoms. The molecular weight excluding hydrogens is 681 g/mol. The van der Waals surface area contributed by atoms with Crippen LogP contribution in [0.15, 0.2) is 203 Å². The van der Waals surface area contributed by atoms with Crippen molar-refractivity contribution in [1.82, 2.24) is 0 Å². The normalized spacial score (nSPS) is 11.9. The largest absolute Gasteiger partial charge is 0.456 e. The zero-order valence-corrected chi connectivity index (χ0v) is 30.3. The Kier molecular flexibility index (Phi) is 6.66. The Bertz CT molecular complexity index is 3470. The summed E-state index contributed by atoms with van der Waals surface area (Å²) < 4.78 is 13.2. The van der Waals surface area contributed by atoms with Crippen molar-refractivity contribution in [1.29, 1.82) is 0 Å². The van der Waals surface area contributed by atoms with Crippen LogP contribution < -0.4 is 0 Å². The molecule has 0 saturated carbocycles. The van der Waals surface area contributed by atoms with Gasteiger partial charge < -0.3 is 8.83 Å². The highest BCUT2D eigenvalue weighted by Gasteiger charge is 2.23. The number of rotatable bonds is 4. The smallest absolute Gasteiger partial charge is 0.143 e. The van der Waals surface area contributed by atoms with E-state index < -0.39 is 0 Å². The Labute approximate surface area is 322 Å². The first-order valence-electron chi connectivity index (χ1n) is 19.2. The molecule has 2 heteroatoms. The molecule has 0 fully saturated rings. The van der Waals surface area contributed by atoms with E-state index in [9.17, 15) is 0 Å². The number of hydrogen-bond donors (Lipinski definition) is 0. The quantitative estimate of drug-likeness (QED) is 0.170. The van der Waals surface area contributed by atoms with E-state index in [1.807, 2.05) is 12.1 Å². The first-order valence-corrected chi connectivity index (χ1v) is 19.2. The maximum Gasteiger partial charge on any atom is 0.143 e. The Morgan fingerprint density at radius 3 is 1.38 bits per heavy atom. The molecule has 260 valence electrons. The molecule has 0 aliphatic carbocycles. The maximum absolute atomic E-state index is 6.67. The van der Waals surface area contributed by atoms with E-state index in [4.69, 9.17) is 8.83 Å². The second kappa shape index (κ2) is 12.0. The van der Waals surface area contributed by atoms with E-state index in [-0.39, 0.29) is 0 Å². The van der Waals surface area contributed by atoms with E-state index in [1.165, 1.54) is 54.6 Å². The van der Waals surface area contributed by atoms with Gasteiger partial charge in [-0.3, -0.25) is 0 Å². The number of para-hydroxylation sites is 3. The van der Waals surface area contributed by atoms with Crippen molar-refractivity contribution in [2.24, 2.45) is 0 Å². The van der Waals surface area contributed by atoms with E-state index >= 15 is 0 Å². The topological polar surface area (TPSA) is 26.3 Å². The third kappa shape index (κ3) is 4.44. The van der Waals surface area contributed by atoms with Gasteiger partial charge >= 0.3 is 0 Å². The molecule has 2 nitrogen and oxygen atoms in total. The molecule has 12 aromatic rings. The molecule has 0 N–H and O–H groups in total. The van der Waals surface area contributed by atoms with Crippen molar-refractivity contribution >= 4 is 76.2 Å². The summed E-state index contributed by atoms with van der Waals surface area (Å²) in [7, 11) is 0. The summed E-state index contributed by atoms with van der Waals surface area (Å²) in [5.74, 6) is 0. The van der Waals surface area contributed by atoms with Crippen molar-refractivity contribution in [2.75, 3.05) is 0 Å². The summed E-state index contributed by atoms with van der Waals surface area (Å²) in [6.45, 7) is 0. The fourth-order valence-electron chi connectivity index (χ4n) is 9.36. The number of fused-ring (bicyclic) bond motifs is 9. The van der Waals surface area contributed by atoms with Gasteiger partial charge in [0.25, 0.3) is 0 Å². The summed E-state index contributed by atoms with van der Waals surface area (Å²) in [4.78, 5) is 0. The van der Waals surface area contributed by atoms with Gasteiger partial charge in [0.1, 0.15) is 22.3 Å². The van der Waals surface area contributed by atoms with Gasteiger partial charge in [-0.2, -0.15) is 0 Å². The van der Waals surface area contributed by atoms with Crippen LogP contribution in [0, 0.1) is 0 Å². The second-order valence-electron chi connectivity index (χ2n) is 14.7. The number of furan rings is 2. The molecule has 0 amide bonds. The molecule has 0 saturated heterocycles. The fraction of sp³-hybridized carbons (Fsp3) is 0. The third-order valence-electron chi connectivity index (χ3n) is 11.7. The van der Waals surface area contributed by atoms with Crippen molar-refractivity contribution < 1.29 is 8.83 Å². The van der Waals surface area contributed by atoms with Gasteiger partial charge in [-0.05, 0) is 90.0 Å². The number of benzene rings is 10. The monoisotopic (exact) mass is 712 g/mol. The Hall–Kier alpha value is -7.42. The lowest BCUT2D eigenvalue weighted by Crippen LogP contribution is -1.93. The van der Waals surface area contributed by atoms with E-state index in [1.54, 1.807) is 0 Å². The Morgan fingerprint density at radius 2 is 0.714 bits per heavy atom. The predicted octanol–water partition coefficient (Wildman–Crippen LogP) is 15.6. The average molecular weight is 713 g/mol. The highest BCUT2D eigenvalue weighted by Crippen LogP contribution is 2.50. The van der Waals surface area contributed by atoms with Gasteiger partial charge in [0.15, 0.2) is 0 Å². The molecule has 0 aliphatic heterocycles. The van der Waals surface area contributed by atoms with Gasteiger partial charge in [-0.1, -0.05) is 170 Å². The lowest BCUT2D eigenvalue weighted by Gasteiger charge is -2.20. The molecule has 0 unspecified atom stereocenters. The lowest BCUT2D eigenvalue weighted by molar-refractivity contribution is 0.668. The standard InChI is InChI=1S/C54H32O2/c1-2-15-33(16-3-1)50-39-18-4-6-20-41(39)51(42-21-7-5-19-40(42)50)37-25-12-24-35-34(37)23-13-26-38(35)52-43(31-32-49-53(52)46-22-9-11-30-48(46)55-49)45-28-14-27-44-36-17-8-10-29-47(36)56-54(44)45/h1-32H. The van der Waals surface area contributed by atoms with Gasteiger partial charge in [-0.25, -0.2) is 0 Å². The van der Waals surface area contributed by atoms with Gasteiger partial charge in [0.05, 0.1) is 0 Å². The summed E-state index contributed by atoms with van der Waals surface area (Å²) in [6.07, 6.45) is 0. The molecule has 0 radical (unpaired) electrons. The van der Waals surface area contributed by atoms with Crippen LogP contribution in [-0.2, 0) is 0 Å². The molecule has 0 spiro atoms. The van der Waals surface area contributed by atoms with Gasteiger partial charge in [0, 0.05) is 32.7 Å². The molecule has 0 atom stereocenters. The van der Waals surface area contributed by atoms with Crippen LogP contribution in [0.25, 0.3) is 121 Å². The zero-order chi connectivity index (χ0) is 36.7. The minimum absolute atomic E-state index is 0.864. The summed E-state index contributed by atoms with van der Waals surface area (Å²) >= 11 is 0. The van der Waals surface area contributed by atoms with Crippen molar-refractivity contribution in [2.45, 2.75) is 0 Å². The molecule has 10 aromatic carbocycles. The zero-order valence-electron chi connectivity index (χ0n) is 30.3. The Morgan fingerprint density at radius 1 is 0.232 bits per heavy atom. The number of hydrogen-bond acceptors (Lipinski definition) is 2. The predicted molar refractivity (Wildman–Crippen MR) is 235 cm³/mol. The van der Waals surface area contributed by atoms with Gasteiger partial charge in [-0.15, -0.1) is 0 Å². The molecule has 2 aromatic heterocycles. The molecule has 12 rings (SSSR count). The Balaban J connectivity index is 1.19. The first-order chi connectivity index (χ1) is 27.8. The highest BCUT2D eigenvalue weighted by molar-refractivity contribution is 6.26. The lowest BCUT2D eigenvalue weighted by atomic mass is 9.83. The van der Waals surface area contributed by atoms with E-state index in [2.05, 4.69) is 182 Å². The van der Waals surface area contributed by atoms with Crippen molar-refractivity contribution in [3.8, 4) is 44.5 Å². The second-order valence-corrected chi connectivity index (χ2v) is 14.7. The average Bonchev–Trinajstić information content (AvgIpc) is 3.84. The molecule has 2 heterocycles. The highest BCUT2D eigenvalue weighted by atomic mass is 16.3. The first kappa shape index (κ1) is 31.0. The van der Waals surface area contributed by atoms with Crippen LogP contribution in [0.1, 0.15) is 0 Å². The van der Waals surface area contributed by atoms with Crippen LogP contribution in [0.5, 0.6) is 0 Å². The summed E-state index contributed by atoms with van der Waals surface area (Å²) in [6, 6.07) is 69.7. The van der Waals surface area contributed by atoms with Crippen LogP contribution in [0.3, 0.4) is 0 Å². The van der Waals surface area contributed by atoms with Crippen molar-refractivity contribution in [3.05, 3.63) is 194 Å². The summed E-state index contributed by atoms with van der Waals surface area (Å²) in [5, 5.41) is 11.8.